The molecule has 10 heteroatoms. The van der Waals surface area contributed by atoms with Crippen molar-refractivity contribution < 1.29 is 9.53 Å². The zero-order chi connectivity index (χ0) is 18.5. The number of pyridine rings is 1. The maximum atomic E-state index is 12.2. The Balaban J connectivity index is 1.66. The highest BCUT2D eigenvalue weighted by atomic mass is 35.5. The Hall–Kier alpha value is -2.78. The molecule has 1 aromatic carbocycles. The number of hydrogen-bond acceptors (Lipinski definition) is 7. The number of methoxy groups -OCH3 is 1. The molecular weight excluding hydrogens is 376 g/mol. The van der Waals surface area contributed by atoms with Crippen molar-refractivity contribution in [3.63, 3.8) is 0 Å². The molecule has 0 atom stereocenters. The highest BCUT2D eigenvalue weighted by molar-refractivity contribution is 7.99. The van der Waals surface area contributed by atoms with Gasteiger partial charge < -0.3 is 15.9 Å². The second kappa shape index (κ2) is 8.07. The van der Waals surface area contributed by atoms with E-state index in [4.69, 9.17) is 22.2 Å². The summed E-state index contributed by atoms with van der Waals surface area (Å²) < 4.78 is 6.53. The van der Waals surface area contributed by atoms with E-state index >= 15 is 0 Å². The van der Waals surface area contributed by atoms with Crippen LogP contribution in [0, 0.1) is 0 Å². The molecule has 3 aromatic rings. The first-order valence-corrected chi connectivity index (χ1v) is 8.82. The molecule has 0 radical (unpaired) electrons. The van der Waals surface area contributed by atoms with Crippen LogP contribution in [0.25, 0.3) is 11.4 Å². The summed E-state index contributed by atoms with van der Waals surface area (Å²) in [7, 11) is 1.52. The smallest absolute Gasteiger partial charge is 0.234 e. The lowest BCUT2D eigenvalue weighted by atomic mass is 10.3. The maximum absolute atomic E-state index is 12.2. The Labute approximate surface area is 158 Å². The van der Waals surface area contributed by atoms with E-state index in [9.17, 15) is 4.79 Å². The molecular formula is C16H15ClN6O2S. The summed E-state index contributed by atoms with van der Waals surface area (Å²) in [5.74, 6) is 6.85. The molecule has 0 saturated heterocycles. The van der Waals surface area contributed by atoms with Gasteiger partial charge in [0.1, 0.15) is 5.75 Å². The zero-order valence-corrected chi connectivity index (χ0v) is 15.3. The highest BCUT2D eigenvalue weighted by Gasteiger charge is 2.15. The Morgan fingerprint density at radius 1 is 1.38 bits per heavy atom. The van der Waals surface area contributed by atoms with Gasteiger partial charge in [-0.25, -0.2) is 4.68 Å². The number of carbonyl (C=O) groups excluding carboxylic acids is 1. The normalized spacial score (nSPS) is 10.5. The summed E-state index contributed by atoms with van der Waals surface area (Å²) in [4.78, 5) is 16.2. The number of halogens is 1. The average Bonchev–Trinajstić information content (AvgIpc) is 3.01. The second-order valence-corrected chi connectivity index (χ2v) is 6.48. The topological polar surface area (TPSA) is 108 Å². The van der Waals surface area contributed by atoms with E-state index < -0.39 is 0 Å². The van der Waals surface area contributed by atoms with Crippen LogP contribution in [0.1, 0.15) is 0 Å². The van der Waals surface area contributed by atoms with Crippen molar-refractivity contribution in [2.45, 2.75) is 5.16 Å². The fourth-order valence-electron chi connectivity index (χ4n) is 2.16. The number of anilines is 1. The monoisotopic (exact) mass is 390 g/mol. The van der Waals surface area contributed by atoms with Crippen molar-refractivity contribution in [2.75, 3.05) is 24.0 Å². The van der Waals surface area contributed by atoms with Crippen LogP contribution in [0.15, 0.2) is 47.9 Å². The standard InChI is InChI=1S/C16H15ClN6O2S/c1-25-13-5-4-11(17)7-12(13)20-14(24)9-26-16-22-21-15(23(16)18)10-3-2-6-19-8-10/h2-8H,9,18H2,1H3,(H,20,24). The fourth-order valence-corrected chi connectivity index (χ4v) is 2.99. The fraction of sp³-hybridized carbons (Fsp3) is 0.125. The molecule has 0 aliphatic heterocycles. The average molecular weight is 391 g/mol. The molecule has 0 aliphatic carbocycles. The Bertz CT molecular complexity index is 918. The minimum atomic E-state index is -0.249. The van der Waals surface area contributed by atoms with Crippen molar-refractivity contribution in [1.82, 2.24) is 19.9 Å². The van der Waals surface area contributed by atoms with Crippen LogP contribution in [0.4, 0.5) is 5.69 Å². The van der Waals surface area contributed by atoms with Crippen LogP contribution >= 0.6 is 23.4 Å². The predicted octanol–water partition coefficient (Wildman–Crippen LogP) is 2.45. The van der Waals surface area contributed by atoms with Gasteiger partial charge in [0.15, 0.2) is 5.82 Å². The van der Waals surface area contributed by atoms with Gasteiger partial charge in [0.2, 0.25) is 11.1 Å². The number of carbonyl (C=O) groups is 1. The van der Waals surface area contributed by atoms with Gasteiger partial charge in [-0.3, -0.25) is 9.78 Å². The SMILES string of the molecule is COc1ccc(Cl)cc1NC(=O)CSc1nnc(-c2cccnc2)n1N. The third-order valence-corrected chi connectivity index (χ3v) is 4.53. The molecule has 3 N–H and O–H groups in total. The van der Waals surface area contributed by atoms with Crippen LogP contribution < -0.4 is 15.9 Å². The van der Waals surface area contributed by atoms with Crippen molar-refractivity contribution in [1.29, 1.82) is 0 Å². The lowest BCUT2D eigenvalue weighted by molar-refractivity contribution is -0.113. The first-order valence-electron chi connectivity index (χ1n) is 7.45. The van der Waals surface area contributed by atoms with Crippen LogP contribution in [0.5, 0.6) is 5.75 Å². The number of nitrogens with two attached hydrogens (primary N) is 1. The van der Waals surface area contributed by atoms with Crippen molar-refractivity contribution in [2.24, 2.45) is 0 Å². The molecule has 0 bridgehead atoms. The van der Waals surface area contributed by atoms with Gasteiger partial charge in [-0.2, -0.15) is 0 Å². The molecule has 8 nitrogen and oxygen atoms in total. The van der Waals surface area contributed by atoms with Gasteiger partial charge in [0.05, 0.1) is 18.6 Å². The van der Waals surface area contributed by atoms with Crippen LogP contribution in [-0.2, 0) is 4.79 Å². The number of nitrogens with one attached hydrogen (secondary N) is 1. The third-order valence-electron chi connectivity index (χ3n) is 3.35. The number of ether oxygens (including phenoxy) is 1. The van der Waals surface area contributed by atoms with E-state index in [0.717, 1.165) is 5.56 Å². The summed E-state index contributed by atoms with van der Waals surface area (Å²) in [6.07, 6.45) is 3.30. The van der Waals surface area contributed by atoms with E-state index in [1.54, 1.807) is 36.7 Å². The van der Waals surface area contributed by atoms with E-state index in [1.165, 1.54) is 23.5 Å². The molecule has 0 unspecified atom stereocenters. The molecule has 3 rings (SSSR count). The van der Waals surface area contributed by atoms with E-state index in [-0.39, 0.29) is 11.7 Å². The van der Waals surface area contributed by atoms with Gasteiger partial charge in [0, 0.05) is 23.0 Å². The van der Waals surface area contributed by atoms with Crippen LogP contribution in [0.3, 0.4) is 0 Å². The molecule has 0 saturated carbocycles. The van der Waals surface area contributed by atoms with Crippen molar-refractivity contribution >= 4 is 35.0 Å². The molecule has 0 aliphatic rings. The number of thioether (sulfide) groups is 1. The van der Waals surface area contributed by atoms with Gasteiger partial charge in [-0.15, -0.1) is 10.2 Å². The lowest BCUT2D eigenvalue weighted by Gasteiger charge is -2.10. The first-order chi connectivity index (χ1) is 12.6. The summed E-state index contributed by atoms with van der Waals surface area (Å²) in [6, 6.07) is 8.59. The molecule has 0 fully saturated rings. The van der Waals surface area contributed by atoms with Crippen LogP contribution in [0.2, 0.25) is 5.02 Å². The summed E-state index contributed by atoms with van der Waals surface area (Å²) in [5, 5.41) is 11.7. The second-order valence-electron chi connectivity index (χ2n) is 5.10. The van der Waals surface area contributed by atoms with Gasteiger partial charge in [0.25, 0.3) is 0 Å². The summed E-state index contributed by atoms with van der Waals surface area (Å²) in [5.41, 5.74) is 1.23. The quantitative estimate of drug-likeness (QED) is 0.491. The molecule has 134 valence electrons. The van der Waals surface area contributed by atoms with Gasteiger partial charge in [-0.1, -0.05) is 23.4 Å². The number of amides is 1. The van der Waals surface area contributed by atoms with E-state index in [2.05, 4.69) is 20.5 Å². The molecule has 2 heterocycles. The summed E-state index contributed by atoms with van der Waals surface area (Å²) in [6.45, 7) is 0. The Kier molecular flexibility index (Phi) is 5.59. The van der Waals surface area contributed by atoms with Crippen molar-refractivity contribution in [3.8, 4) is 17.1 Å². The minimum Gasteiger partial charge on any atom is -0.495 e. The first kappa shape index (κ1) is 18.0. The number of aromatic nitrogens is 4. The molecule has 0 spiro atoms. The van der Waals surface area contributed by atoms with Crippen LogP contribution in [-0.4, -0.2) is 38.6 Å². The number of benzene rings is 1. The Morgan fingerprint density at radius 3 is 2.96 bits per heavy atom. The molecule has 26 heavy (non-hydrogen) atoms. The van der Waals surface area contributed by atoms with Gasteiger partial charge >= 0.3 is 0 Å². The maximum Gasteiger partial charge on any atom is 0.234 e. The predicted molar refractivity (Wildman–Crippen MR) is 101 cm³/mol. The Morgan fingerprint density at radius 2 is 2.23 bits per heavy atom. The zero-order valence-electron chi connectivity index (χ0n) is 13.7. The third kappa shape index (κ3) is 4.06. The minimum absolute atomic E-state index is 0.0953. The number of hydrogen-bond donors (Lipinski definition) is 2. The number of nitrogens with zero attached hydrogens (tertiary/aromatic N) is 4. The van der Waals surface area contributed by atoms with E-state index in [1.807, 2.05) is 6.07 Å². The molecule has 1 amide bonds. The van der Waals surface area contributed by atoms with E-state index in [0.29, 0.717) is 27.4 Å². The largest absolute Gasteiger partial charge is 0.495 e. The lowest BCUT2D eigenvalue weighted by Crippen LogP contribution is -2.17. The highest BCUT2D eigenvalue weighted by Crippen LogP contribution is 2.28. The molecule has 2 aromatic heterocycles. The number of nitrogen functional groups attached to an aromatic ring is 1. The number of rotatable bonds is 6. The summed E-state index contributed by atoms with van der Waals surface area (Å²) >= 11 is 7.12. The van der Waals surface area contributed by atoms with Gasteiger partial charge in [-0.05, 0) is 30.3 Å². The van der Waals surface area contributed by atoms with Crippen molar-refractivity contribution in [3.05, 3.63) is 47.7 Å².